The smallest absolute Gasteiger partial charge is 0.273 e. The molecule has 4 rings (SSSR count). The first-order valence-corrected chi connectivity index (χ1v) is 9.15. The Labute approximate surface area is 168 Å². The summed E-state index contributed by atoms with van der Waals surface area (Å²) in [5.41, 5.74) is 3.96. The largest absolute Gasteiger partial charge is 0.343 e. The van der Waals surface area contributed by atoms with Gasteiger partial charge in [-0.25, -0.2) is 9.37 Å². The number of carbonyl (C=O) groups excluding carboxylic acids is 1. The van der Waals surface area contributed by atoms with Gasteiger partial charge >= 0.3 is 0 Å². The summed E-state index contributed by atoms with van der Waals surface area (Å²) in [6.07, 6.45) is 7.21. The lowest BCUT2D eigenvalue weighted by Gasteiger charge is -2.14. The van der Waals surface area contributed by atoms with E-state index < -0.39 is 6.04 Å². The van der Waals surface area contributed by atoms with Crippen LogP contribution < -0.4 is 0 Å². The Morgan fingerprint density at radius 3 is 2.66 bits per heavy atom. The molecule has 1 aliphatic rings. The number of terminal acetylenes is 1. The lowest BCUT2D eigenvalue weighted by Crippen LogP contribution is -2.24. The van der Waals surface area contributed by atoms with Gasteiger partial charge in [0.1, 0.15) is 12.1 Å². The minimum Gasteiger partial charge on any atom is -0.343 e. The van der Waals surface area contributed by atoms with Crippen LogP contribution in [-0.2, 0) is 0 Å². The van der Waals surface area contributed by atoms with Crippen LogP contribution in [0.3, 0.4) is 0 Å². The van der Waals surface area contributed by atoms with Crippen molar-refractivity contribution in [2.45, 2.75) is 13.0 Å². The highest BCUT2D eigenvalue weighted by atomic mass is 19.1. The van der Waals surface area contributed by atoms with Crippen molar-refractivity contribution in [1.82, 2.24) is 14.5 Å². The summed E-state index contributed by atoms with van der Waals surface area (Å²) in [6, 6.07) is 11.6. The molecule has 0 fully saturated rings. The molecule has 2 aromatic carbocycles. The maximum atomic E-state index is 14.7. The summed E-state index contributed by atoms with van der Waals surface area (Å²) in [4.78, 5) is 23.3. The van der Waals surface area contributed by atoms with Gasteiger partial charge in [-0.2, -0.15) is 0 Å². The number of hydrogen-bond donors (Lipinski definition) is 0. The maximum Gasteiger partial charge on any atom is 0.273 e. The van der Waals surface area contributed by atoms with Crippen LogP contribution in [0.15, 0.2) is 53.8 Å². The highest BCUT2D eigenvalue weighted by Gasteiger charge is 2.29. The molecule has 0 saturated heterocycles. The number of hydrogen-bond acceptors (Lipinski definition) is 3. The number of carbonyl (C=O) groups is 1. The van der Waals surface area contributed by atoms with Crippen LogP contribution in [0.4, 0.5) is 4.39 Å². The molecule has 1 aromatic heterocycles. The Balaban J connectivity index is 2.04. The third-order valence-electron chi connectivity index (χ3n) is 4.94. The molecule has 5 nitrogen and oxygen atoms in total. The number of benzene rings is 2. The second-order valence-electron chi connectivity index (χ2n) is 7.06. The first kappa shape index (κ1) is 18.6. The number of fused-ring (bicyclic) bond motifs is 3. The lowest BCUT2D eigenvalue weighted by atomic mass is 9.98. The van der Waals surface area contributed by atoms with Crippen LogP contribution in [0.2, 0.25) is 0 Å². The number of aliphatic imine (C=N–C) groups is 1. The summed E-state index contributed by atoms with van der Waals surface area (Å²) >= 11 is 0. The fourth-order valence-corrected chi connectivity index (χ4v) is 3.54. The Hall–Kier alpha value is -3.72. The molecule has 6 heteroatoms. The predicted molar refractivity (Wildman–Crippen MR) is 110 cm³/mol. The van der Waals surface area contributed by atoms with Gasteiger partial charge in [-0.15, -0.1) is 6.42 Å². The van der Waals surface area contributed by atoms with E-state index in [1.165, 1.54) is 11.0 Å². The van der Waals surface area contributed by atoms with E-state index in [2.05, 4.69) is 10.9 Å². The molecule has 0 saturated carbocycles. The second-order valence-corrected chi connectivity index (χ2v) is 7.06. The van der Waals surface area contributed by atoms with E-state index in [1.54, 1.807) is 38.6 Å². The molecule has 0 radical (unpaired) electrons. The fraction of sp³-hybridized carbons (Fsp3) is 0.174. The van der Waals surface area contributed by atoms with E-state index in [0.717, 1.165) is 5.69 Å². The average molecular weight is 386 g/mol. The van der Waals surface area contributed by atoms with E-state index in [-0.39, 0.29) is 11.7 Å². The summed E-state index contributed by atoms with van der Waals surface area (Å²) in [5, 5.41) is 0. The quantitative estimate of drug-likeness (QED) is 0.632. The highest BCUT2D eigenvalue weighted by Crippen LogP contribution is 2.33. The highest BCUT2D eigenvalue weighted by molar-refractivity contribution is 6.15. The predicted octanol–water partition coefficient (Wildman–Crippen LogP) is 3.61. The van der Waals surface area contributed by atoms with Crippen molar-refractivity contribution in [3.05, 3.63) is 82.7 Å². The molecule has 0 aliphatic carbocycles. The molecular weight excluding hydrogens is 367 g/mol. The zero-order chi connectivity index (χ0) is 20.7. The molecule has 0 spiro atoms. The van der Waals surface area contributed by atoms with Crippen LogP contribution in [-0.4, -0.2) is 40.2 Å². The monoisotopic (exact) mass is 386 g/mol. The molecule has 1 amide bonds. The van der Waals surface area contributed by atoms with Crippen molar-refractivity contribution in [2.24, 2.45) is 4.99 Å². The SMILES string of the molecule is C#Cc1ccc2c(c1)C(c1ccccc1F)=N[C@@H](C)c1c(C(=O)N(C)C)ncn1-2. The van der Waals surface area contributed by atoms with Crippen molar-refractivity contribution in [3.8, 4) is 18.0 Å². The van der Waals surface area contributed by atoms with Gasteiger partial charge in [0.2, 0.25) is 0 Å². The van der Waals surface area contributed by atoms with E-state index >= 15 is 0 Å². The summed E-state index contributed by atoms with van der Waals surface area (Å²) in [5.74, 6) is 2.04. The summed E-state index contributed by atoms with van der Waals surface area (Å²) < 4.78 is 16.5. The Morgan fingerprint density at radius 1 is 1.21 bits per heavy atom. The fourth-order valence-electron chi connectivity index (χ4n) is 3.54. The van der Waals surface area contributed by atoms with Crippen LogP contribution >= 0.6 is 0 Å². The first-order valence-electron chi connectivity index (χ1n) is 9.15. The third kappa shape index (κ3) is 3.01. The van der Waals surface area contributed by atoms with Crippen molar-refractivity contribution < 1.29 is 9.18 Å². The summed E-state index contributed by atoms with van der Waals surface area (Å²) in [6.45, 7) is 1.87. The number of rotatable bonds is 2. The maximum absolute atomic E-state index is 14.7. The molecular formula is C23H19FN4O. The zero-order valence-electron chi connectivity index (χ0n) is 16.3. The van der Waals surface area contributed by atoms with Gasteiger partial charge in [-0.05, 0) is 37.3 Å². The molecule has 1 aliphatic heterocycles. The molecule has 0 unspecified atom stereocenters. The van der Waals surface area contributed by atoms with E-state index in [0.29, 0.717) is 33.8 Å². The second kappa shape index (κ2) is 7.02. The molecule has 0 N–H and O–H groups in total. The van der Waals surface area contributed by atoms with Gasteiger partial charge in [0.05, 0.1) is 23.1 Å². The number of halogens is 1. The molecule has 3 aromatic rings. The first-order chi connectivity index (χ1) is 13.9. The van der Waals surface area contributed by atoms with Crippen molar-refractivity contribution in [2.75, 3.05) is 14.1 Å². The van der Waals surface area contributed by atoms with E-state index in [9.17, 15) is 9.18 Å². The minimum absolute atomic E-state index is 0.211. The molecule has 144 valence electrons. The molecule has 1 atom stereocenters. The number of aromatic nitrogens is 2. The van der Waals surface area contributed by atoms with Crippen LogP contribution in [0.25, 0.3) is 5.69 Å². The van der Waals surface area contributed by atoms with Crippen LogP contribution in [0.1, 0.15) is 45.8 Å². The van der Waals surface area contributed by atoms with Gasteiger partial charge in [-0.3, -0.25) is 14.4 Å². The van der Waals surface area contributed by atoms with Crippen LogP contribution in [0.5, 0.6) is 0 Å². The number of nitrogens with zero attached hydrogens (tertiary/aromatic N) is 4. The number of imidazole rings is 1. The van der Waals surface area contributed by atoms with Gasteiger partial charge in [-0.1, -0.05) is 18.1 Å². The number of amides is 1. The van der Waals surface area contributed by atoms with Crippen LogP contribution in [0, 0.1) is 18.2 Å². The zero-order valence-corrected chi connectivity index (χ0v) is 16.3. The standard InChI is InChI=1S/C23H19FN4O/c1-5-15-10-11-19-17(12-15)20(16-8-6-7-9-18(16)24)26-14(2)22-21(23(29)27(3)4)25-13-28(19)22/h1,6-14H,2-4H3/t14-/m0/s1. The minimum atomic E-state index is -0.423. The van der Waals surface area contributed by atoms with E-state index in [1.807, 2.05) is 29.7 Å². The normalized spacial score (nSPS) is 14.9. The molecule has 0 bridgehead atoms. The van der Waals surface area contributed by atoms with Crippen molar-refractivity contribution in [1.29, 1.82) is 0 Å². The van der Waals surface area contributed by atoms with Crippen molar-refractivity contribution >= 4 is 11.6 Å². The topological polar surface area (TPSA) is 50.5 Å². The Bertz CT molecular complexity index is 1200. The lowest BCUT2D eigenvalue weighted by molar-refractivity contribution is 0.0821. The van der Waals surface area contributed by atoms with Gasteiger partial charge in [0.15, 0.2) is 5.69 Å². The van der Waals surface area contributed by atoms with Crippen molar-refractivity contribution in [3.63, 3.8) is 0 Å². The van der Waals surface area contributed by atoms with Gasteiger partial charge in [0.25, 0.3) is 5.91 Å². The van der Waals surface area contributed by atoms with E-state index in [4.69, 9.17) is 11.4 Å². The average Bonchev–Trinajstić information content (AvgIpc) is 3.11. The van der Waals surface area contributed by atoms with Gasteiger partial charge < -0.3 is 4.90 Å². The molecule has 29 heavy (non-hydrogen) atoms. The Kier molecular flexibility index (Phi) is 4.51. The third-order valence-corrected chi connectivity index (χ3v) is 4.94. The Morgan fingerprint density at radius 2 is 1.97 bits per heavy atom. The molecule has 2 heterocycles. The summed E-state index contributed by atoms with van der Waals surface area (Å²) in [7, 11) is 3.35. The van der Waals surface area contributed by atoms with Gasteiger partial charge in [0, 0.05) is 30.8 Å².